The lowest BCUT2D eigenvalue weighted by Crippen LogP contribution is -2.42. The van der Waals surface area contributed by atoms with E-state index >= 15 is 0 Å². The van der Waals surface area contributed by atoms with Gasteiger partial charge in [-0.3, -0.25) is 9.59 Å². The lowest BCUT2D eigenvalue weighted by molar-refractivity contribution is -0.133. The number of amides is 1. The van der Waals surface area contributed by atoms with Crippen LogP contribution in [0.4, 0.5) is 0 Å². The van der Waals surface area contributed by atoms with Crippen LogP contribution in [0, 0.1) is 19.8 Å². The molecular formula is C24H29N5O2. The highest BCUT2D eigenvalue weighted by atomic mass is 16.2. The van der Waals surface area contributed by atoms with E-state index in [-0.39, 0.29) is 18.0 Å². The molecule has 1 aliphatic heterocycles. The van der Waals surface area contributed by atoms with Gasteiger partial charge in [-0.1, -0.05) is 24.6 Å². The zero-order valence-electron chi connectivity index (χ0n) is 18.5. The van der Waals surface area contributed by atoms with Gasteiger partial charge in [0, 0.05) is 24.4 Å². The number of likely N-dealkylation sites (tertiary alicyclic amines) is 1. The molecule has 5 rings (SSSR count). The molecule has 2 aromatic heterocycles. The lowest BCUT2D eigenvalue weighted by atomic mass is 9.99. The molecule has 3 aromatic rings. The Balaban J connectivity index is 1.58. The summed E-state index contributed by atoms with van der Waals surface area (Å²) in [5.41, 5.74) is 4.26. The van der Waals surface area contributed by atoms with E-state index in [1.807, 2.05) is 30.9 Å². The van der Waals surface area contributed by atoms with E-state index < -0.39 is 0 Å². The number of rotatable bonds is 4. The molecule has 2 aliphatic rings. The Bertz CT molecular complexity index is 1210. The molecular weight excluding hydrogens is 390 g/mol. The highest BCUT2D eigenvalue weighted by Crippen LogP contribution is 2.41. The van der Waals surface area contributed by atoms with Gasteiger partial charge in [0.2, 0.25) is 5.91 Å². The van der Waals surface area contributed by atoms with E-state index in [9.17, 15) is 9.59 Å². The van der Waals surface area contributed by atoms with E-state index in [0.717, 1.165) is 66.7 Å². The van der Waals surface area contributed by atoms with Gasteiger partial charge >= 0.3 is 0 Å². The molecule has 2 fully saturated rings. The van der Waals surface area contributed by atoms with Crippen molar-refractivity contribution < 1.29 is 4.79 Å². The fraction of sp³-hybridized carbons (Fsp3) is 0.500. The largest absolute Gasteiger partial charge is 0.341 e. The Morgan fingerprint density at radius 1 is 1.13 bits per heavy atom. The zero-order valence-corrected chi connectivity index (χ0v) is 18.5. The van der Waals surface area contributed by atoms with Crippen molar-refractivity contribution in [1.29, 1.82) is 0 Å². The molecule has 1 aliphatic carbocycles. The van der Waals surface area contributed by atoms with Crippen molar-refractivity contribution in [2.24, 2.45) is 5.92 Å². The van der Waals surface area contributed by atoms with Crippen molar-refractivity contribution in [3.63, 3.8) is 0 Å². The third-order valence-electron chi connectivity index (χ3n) is 6.68. The van der Waals surface area contributed by atoms with E-state index in [1.165, 1.54) is 4.68 Å². The van der Waals surface area contributed by atoms with Crippen molar-refractivity contribution in [3.8, 4) is 5.69 Å². The highest BCUT2D eigenvalue weighted by molar-refractivity contribution is 5.83. The average Bonchev–Trinajstić information content (AvgIpc) is 3.49. The Hall–Kier alpha value is -2.96. The van der Waals surface area contributed by atoms with Gasteiger partial charge in [0.1, 0.15) is 12.1 Å². The third kappa shape index (κ3) is 3.66. The van der Waals surface area contributed by atoms with Gasteiger partial charge in [0.25, 0.3) is 5.56 Å². The zero-order chi connectivity index (χ0) is 21.7. The van der Waals surface area contributed by atoms with Crippen LogP contribution in [0.2, 0.25) is 0 Å². The Kier molecular flexibility index (Phi) is 4.91. The van der Waals surface area contributed by atoms with Crippen LogP contribution in [-0.4, -0.2) is 43.5 Å². The van der Waals surface area contributed by atoms with Crippen LogP contribution in [0.5, 0.6) is 0 Å². The fourth-order valence-electron chi connectivity index (χ4n) is 4.57. The molecule has 7 heteroatoms. The summed E-state index contributed by atoms with van der Waals surface area (Å²) in [5, 5.41) is 10.0. The molecule has 1 aromatic carbocycles. The van der Waals surface area contributed by atoms with Gasteiger partial charge in [0.05, 0.1) is 17.6 Å². The third-order valence-corrected chi connectivity index (χ3v) is 6.68. The number of fused-ring (bicyclic) bond motifs is 1. The first kappa shape index (κ1) is 20.0. The maximum Gasteiger partial charge on any atom is 0.293 e. The summed E-state index contributed by atoms with van der Waals surface area (Å²) in [6.45, 7) is 7.80. The summed E-state index contributed by atoms with van der Waals surface area (Å²) < 4.78 is 3.10. The van der Waals surface area contributed by atoms with Gasteiger partial charge < -0.3 is 4.90 Å². The molecule has 0 atom stereocenters. The number of hydrogen-bond acceptors (Lipinski definition) is 4. The second-order valence-corrected chi connectivity index (χ2v) is 9.29. The molecule has 0 spiro atoms. The van der Waals surface area contributed by atoms with Crippen LogP contribution >= 0.6 is 0 Å². The predicted molar refractivity (Wildman–Crippen MR) is 120 cm³/mol. The summed E-state index contributed by atoms with van der Waals surface area (Å²) in [6.07, 6.45) is 5.91. The summed E-state index contributed by atoms with van der Waals surface area (Å²) in [6, 6.07) is 6.11. The summed E-state index contributed by atoms with van der Waals surface area (Å²) >= 11 is 0. The summed E-state index contributed by atoms with van der Waals surface area (Å²) in [5.74, 6) is 0.965. The van der Waals surface area contributed by atoms with Crippen molar-refractivity contribution in [1.82, 2.24) is 24.5 Å². The van der Waals surface area contributed by atoms with Gasteiger partial charge in [-0.05, 0) is 57.1 Å². The van der Waals surface area contributed by atoms with Gasteiger partial charge in [-0.15, -0.1) is 0 Å². The molecule has 0 unspecified atom stereocenters. The maximum absolute atomic E-state index is 13.5. The summed E-state index contributed by atoms with van der Waals surface area (Å²) in [4.78, 5) is 28.3. The lowest BCUT2D eigenvalue weighted by Gasteiger charge is -2.30. The highest BCUT2D eigenvalue weighted by Gasteiger charge is 2.31. The van der Waals surface area contributed by atoms with Crippen LogP contribution in [-0.2, 0) is 11.3 Å². The minimum absolute atomic E-state index is 0.0130. The predicted octanol–water partition coefficient (Wildman–Crippen LogP) is 3.33. The first-order valence-electron chi connectivity index (χ1n) is 11.3. The van der Waals surface area contributed by atoms with Crippen LogP contribution in [0.3, 0.4) is 0 Å². The number of hydrogen-bond donors (Lipinski definition) is 0. The number of piperidine rings is 1. The Labute approximate surface area is 181 Å². The maximum atomic E-state index is 13.5. The van der Waals surface area contributed by atoms with Crippen molar-refractivity contribution in [2.45, 2.75) is 58.9 Å². The van der Waals surface area contributed by atoms with Crippen LogP contribution in [0.15, 0.2) is 29.2 Å². The molecule has 162 valence electrons. The Morgan fingerprint density at radius 3 is 2.55 bits per heavy atom. The van der Waals surface area contributed by atoms with Crippen LogP contribution in [0.1, 0.15) is 55.3 Å². The molecule has 3 heterocycles. The number of carbonyl (C=O) groups is 1. The molecule has 31 heavy (non-hydrogen) atoms. The van der Waals surface area contributed by atoms with Gasteiger partial charge in [-0.2, -0.15) is 10.2 Å². The van der Waals surface area contributed by atoms with E-state index in [1.54, 1.807) is 10.9 Å². The smallest absolute Gasteiger partial charge is 0.293 e. The van der Waals surface area contributed by atoms with Crippen molar-refractivity contribution in [3.05, 3.63) is 51.6 Å². The number of aromatic nitrogens is 4. The molecule has 1 amide bonds. The molecule has 0 N–H and O–H groups in total. The number of carbonyl (C=O) groups excluding carboxylic acids is 1. The van der Waals surface area contributed by atoms with Crippen LogP contribution in [0.25, 0.3) is 16.6 Å². The topological polar surface area (TPSA) is 73.0 Å². The molecule has 1 saturated heterocycles. The first-order valence-corrected chi connectivity index (χ1v) is 11.3. The molecule has 0 radical (unpaired) electrons. The van der Waals surface area contributed by atoms with Crippen molar-refractivity contribution >= 4 is 16.8 Å². The van der Waals surface area contributed by atoms with E-state index in [0.29, 0.717) is 17.4 Å². The minimum Gasteiger partial charge on any atom is -0.341 e. The molecule has 1 saturated carbocycles. The normalized spacial score (nSPS) is 17.5. The monoisotopic (exact) mass is 419 g/mol. The SMILES string of the molecule is Cc1ccc(-n2ncc3c(C4CC4)nn(CC(=O)N4CCC(C)CC4)c(=O)c32)c(C)c1. The van der Waals surface area contributed by atoms with Gasteiger partial charge in [0.15, 0.2) is 0 Å². The minimum atomic E-state index is -0.254. The van der Waals surface area contributed by atoms with E-state index in [2.05, 4.69) is 23.2 Å². The Morgan fingerprint density at radius 2 is 1.87 bits per heavy atom. The van der Waals surface area contributed by atoms with Gasteiger partial charge in [-0.25, -0.2) is 9.36 Å². The van der Waals surface area contributed by atoms with E-state index in [4.69, 9.17) is 0 Å². The molecule has 0 bridgehead atoms. The first-order chi connectivity index (χ1) is 14.9. The second kappa shape index (κ2) is 7.62. The average molecular weight is 420 g/mol. The number of benzene rings is 1. The number of nitrogens with zero attached hydrogens (tertiary/aromatic N) is 5. The fourth-order valence-corrected chi connectivity index (χ4v) is 4.57. The quantitative estimate of drug-likeness (QED) is 0.650. The van der Waals surface area contributed by atoms with Crippen LogP contribution < -0.4 is 5.56 Å². The van der Waals surface area contributed by atoms with Crippen molar-refractivity contribution in [2.75, 3.05) is 13.1 Å². The summed E-state index contributed by atoms with van der Waals surface area (Å²) in [7, 11) is 0. The number of aryl methyl sites for hydroxylation is 2. The second-order valence-electron chi connectivity index (χ2n) is 9.29. The molecule has 7 nitrogen and oxygen atoms in total. The standard InChI is InChI=1S/C24H29N5O2/c1-15-8-10-27(11-9-15)21(30)14-28-24(31)23-19(22(26-28)18-5-6-18)13-25-29(23)20-7-4-16(2)12-17(20)3/h4,7,12-13,15,18H,5-6,8-11,14H2,1-3H3.